The molecule has 0 atom stereocenters. The Morgan fingerprint density at radius 1 is 1.04 bits per heavy atom. The monoisotopic (exact) mass is 366 g/mol. The van der Waals surface area contributed by atoms with Gasteiger partial charge in [0.2, 0.25) is 0 Å². The number of phenolic OH excluding ortho intramolecular Hbond substituents is 1. The Labute approximate surface area is 150 Å². The van der Waals surface area contributed by atoms with Crippen LogP contribution in [-0.2, 0) is 12.7 Å². The van der Waals surface area contributed by atoms with Crippen LogP contribution in [0.4, 0.5) is 18.9 Å². The summed E-state index contributed by atoms with van der Waals surface area (Å²) in [6.45, 7) is 3.23. The van der Waals surface area contributed by atoms with Crippen molar-refractivity contribution >= 4 is 5.69 Å². The summed E-state index contributed by atoms with van der Waals surface area (Å²) in [5.74, 6) is 0.570. The van der Waals surface area contributed by atoms with Gasteiger partial charge in [0, 0.05) is 44.0 Å². The van der Waals surface area contributed by atoms with Crippen LogP contribution in [-0.4, -0.2) is 43.3 Å². The number of methoxy groups -OCH3 is 1. The first kappa shape index (κ1) is 18.4. The third kappa shape index (κ3) is 4.04. The number of hydrogen-bond donors (Lipinski definition) is 1. The van der Waals surface area contributed by atoms with Crippen molar-refractivity contribution in [1.29, 1.82) is 0 Å². The van der Waals surface area contributed by atoms with Crippen LogP contribution in [0.1, 0.15) is 11.1 Å². The van der Waals surface area contributed by atoms with Crippen molar-refractivity contribution in [2.75, 3.05) is 38.2 Å². The van der Waals surface area contributed by atoms with Gasteiger partial charge in [0.25, 0.3) is 0 Å². The predicted molar refractivity (Wildman–Crippen MR) is 93.6 cm³/mol. The van der Waals surface area contributed by atoms with Crippen LogP contribution in [0.15, 0.2) is 42.5 Å². The molecule has 0 radical (unpaired) electrons. The molecule has 0 amide bonds. The van der Waals surface area contributed by atoms with Crippen molar-refractivity contribution in [3.05, 3.63) is 53.6 Å². The number of nitrogens with zero attached hydrogens (tertiary/aromatic N) is 2. The van der Waals surface area contributed by atoms with Crippen LogP contribution in [0.25, 0.3) is 0 Å². The van der Waals surface area contributed by atoms with E-state index in [2.05, 4.69) is 4.90 Å². The number of anilines is 1. The molecule has 0 bridgehead atoms. The second kappa shape index (κ2) is 7.45. The Kier molecular flexibility index (Phi) is 5.27. The van der Waals surface area contributed by atoms with E-state index in [9.17, 15) is 18.3 Å². The van der Waals surface area contributed by atoms with Crippen molar-refractivity contribution < 1.29 is 23.0 Å². The van der Waals surface area contributed by atoms with E-state index in [-0.39, 0.29) is 5.75 Å². The number of ether oxygens (including phenoxy) is 1. The fourth-order valence-electron chi connectivity index (χ4n) is 3.14. The first-order valence-corrected chi connectivity index (χ1v) is 8.38. The second-order valence-electron chi connectivity index (χ2n) is 6.28. The minimum absolute atomic E-state index is 0.135. The van der Waals surface area contributed by atoms with Crippen LogP contribution < -0.4 is 9.64 Å². The quantitative estimate of drug-likeness (QED) is 0.894. The molecule has 1 saturated heterocycles. The number of benzene rings is 2. The van der Waals surface area contributed by atoms with E-state index >= 15 is 0 Å². The molecule has 1 fully saturated rings. The van der Waals surface area contributed by atoms with Gasteiger partial charge in [-0.05, 0) is 24.3 Å². The number of phenols is 1. The number of aromatic hydroxyl groups is 1. The van der Waals surface area contributed by atoms with Gasteiger partial charge in [0.1, 0.15) is 0 Å². The molecule has 1 N–H and O–H groups in total. The Balaban J connectivity index is 1.63. The Hall–Kier alpha value is -2.41. The molecule has 0 spiro atoms. The molecule has 1 heterocycles. The fraction of sp³-hybridized carbons (Fsp3) is 0.368. The molecule has 140 valence electrons. The molecule has 3 rings (SSSR count). The van der Waals surface area contributed by atoms with E-state index in [0.717, 1.165) is 11.6 Å². The largest absolute Gasteiger partial charge is 0.504 e. The summed E-state index contributed by atoms with van der Waals surface area (Å²) in [6.07, 6.45) is -4.33. The van der Waals surface area contributed by atoms with Crippen LogP contribution in [0.2, 0.25) is 0 Å². The summed E-state index contributed by atoms with van der Waals surface area (Å²) in [5, 5.41) is 10.2. The lowest BCUT2D eigenvalue weighted by molar-refractivity contribution is -0.137. The van der Waals surface area contributed by atoms with Gasteiger partial charge in [-0.2, -0.15) is 13.2 Å². The highest BCUT2D eigenvalue weighted by molar-refractivity contribution is 5.50. The molecule has 2 aromatic rings. The van der Waals surface area contributed by atoms with Gasteiger partial charge in [-0.25, -0.2) is 0 Å². The molecular formula is C19H21F3N2O2. The van der Waals surface area contributed by atoms with Gasteiger partial charge in [0.15, 0.2) is 11.5 Å². The van der Waals surface area contributed by atoms with E-state index in [1.807, 2.05) is 17.0 Å². The Morgan fingerprint density at radius 2 is 1.73 bits per heavy atom. The van der Waals surface area contributed by atoms with Gasteiger partial charge in [-0.3, -0.25) is 4.90 Å². The number of halogens is 3. The molecule has 4 nitrogen and oxygen atoms in total. The molecule has 2 aromatic carbocycles. The highest BCUT2D eigenvalue weighted by atomic mass is 19.4. The van der Waals surface area contributed by atoms with Gasteiger partial charge < -0.3 is 14.7 Å². The van der Waals surface area contributed by atoms with Crippen molar-refractivity contribution in [3.8, 4) is 11.5 Å². The lowest BCUT2D eigenvalue weighted by atomic mass is 10.1. The van der Waals surface area contributed by atoms with Gasteiger partial charge in [0.05, 0.1) is 12.7 Å². The van der Waals surface area contributed by atoms with Crippen LogP contribution in [0.3, 0.4) is 0 Å². The second-order valence-corrected chi connectivity index (χ2v) is 6.28. The first-order valence-electron chi connectivity index (χ1n) is 8.38. The molecule has 1 aliphatic heterocycles. The van der Waals surface area contributed by atoms with E-state index in [0.29, 0.717) is 44.2 Å². The van der Waals surface area contributed by atoms with Crippen LogP contribution in [0.5, 0.6) is 11.5 Å². The molecule has 1 aliphatic rings. The van der Waals surface area contributed by atoms with Crippen molar-refractivity contribution in [3.63, 3.8) is 0 Å². The number of piperazine rings is 1. The van der Waals surface area contributed by atoms with Crippen molar-refractivity contribution in [1.82, 2.24) is 4.90 Å². The third-order valence-corrected chi connectivity index (χ3v) is 4.61. The Bertz CT molecular complexity index is 757. The maximum Gasteiger partial charge on any atom is 0.416 e. The van der Waals surface area contributed by atoms with Crippen LogP contribution >= 0.6 is 0 Å². The van der Waals surface area contributed by atoms with E-state index in [1.165, 1.54) is 19.2 Å². The Morgan fingerprint density at radius 3 is 2.38 bits per heavy atom. The smallest absolute Gasteiger partial charge is 0.416 e. The van der Waals surface area contributed by atoms with Gasteiger partial charge >= 0.3 is 6.18 Å². The SMILES string of the molecule is COc1cccc(CN2CCN(c3cccc(C(F)(F)F)c3)CC2)c1O. The molecule has 0 unspecified atom stereocenters. The van der Waals surface area contributed by atoms with E-state index in [1.54, 1.807) is 12.1 Å². The summed E-state index contributed by atoms with van der Waals surface area (Å²) in [4.78, 5) is 4.12. The highest BCUT2D eigenvalue weighted by Crippen LogP contribution is 2.33. The normalized spacial score (nSPS) is 15.9. The zero-order chi connectivity index (χ0) is 18.7. The summed E-state index contributed by atoms with van der Waals surface area (Å²) in [5.41, 5.74) is 0.735. The maximum absolute atomic E-state index is 12.9. The topological polar surface area (TPSA) is 35.9 Å². The average molecular weight is 366 g/mol. The van der Waals surface area contributed by atoms with E-state index < -0.39 is 11.7 Å². The summed E-state index contributed by atoms with van der Waals surface area (Å²) in [6, 6.07) is 10.8. The van der Waals surface area contributed by atoms with Gasteiger partial charge in [-0.15, -0.1) is 0 Å². The highest BCUT2D eigenvalue weighted by Gasteiger charge is 2.31. The van der Waals surface area contributed by atoms with Crippen molar-refractivity contribution in [2.24, 2.45) is 0 Å². The average Bonchev–Trinajstić information content (AvgIpc) is 2.63. The molecular weight excluding hydrogens is 345 g/mol. The lowest BCUT2D eigenvalue weighted by Crippen LogP contribution is -2.46. The standard InChI is InChI=1S/C19H21F3N2O2/c1-26-17-7-2-4-14(18(17)25)13-23-8-10-24(11-9-23)16-6-3-5-15(12-16)19(20,21)22/h2-7,12,25H,8-11,13H2,1H3. The van der Waals surface area contributed by atoms with E-state index in [4.69, 9.17) is 4.74 Å². The fourth-order valence-corrected chi connectivity index (χ4v) is 3.14. The summed E-state index contributed by atoms with van der Waals surface area (Å²) < 4.78 is 43.8. The number of rotatable bonds is 4. The zero-order valence-electron chi connectivity index (χ0n) is 14.5. The van der Waals surface area contributed by atoms with Crippen LogP contribution in [0, 0.1) is 0 Å². The summed E-state index contributed by atoms with van der Waals surface area (Å²) >= 11 is 0. The number of hydrogen-bond acceptors (Lipinski definition) is 4. The third-order valence-electron chi connectivity index (χ3n) is 4.61. The molecule has 0 saturated carbocycles. The molecule has 26 heavy (non-hydrogen) atoms. The first-order chi connectivity index (χ1) is 12.4. The summed E-state index contributed by atoms with van der Waals surface area (Å²) in [7, 11) is 1.51. The number of alkyl halides is 3. The van der Waals surface area contributed by atoms with Crippen molar-refractivity contribution in [2.45, 2.75) is 12.7 Å². The molecule has 0 aromatic heterocycles. The minimum Gasteiger partial charge on any atom is -0.504 e. The van der Waals surface area contributed by atoms with Gasteiger partial charge in [-0.1, -0.05) is 18.2 Å². The number of para-hydroxylation sites is 1. The zero-order valence-corrected chi connectivity index (χ0v) is 14.5. The minimum atomic E-state index is -4.33. The molecule has 7 heteroatoms. The molecule has 0 aliphatic carbocycles. The maximum atomic E-state index is 12.9. The predicted octanol–water partition coefficient (Wildman–Crippen LogP) is 3.74. The lowest BCUT2D eigenvalue weighted by Gasteiger charge is -2.36.